The monoisotopic (exact) mass is 282 g/mol. The Labute approximate surface area is 116 Å². The smallest absolute Gasteiger partial charge is 0.314 e. The Hall–Kier alpha value is -1.62. The highest BCUT2D eigenvalue weighted by Crippen LogP contribution is 2.25. The van der Waals surface area contributed by atoms with Crippen molar-refractivity contribution in [1.29, 1.82) is 0 Å². The van der Waals surface area contributed by atoms with Gasteiger partial charge in [0.25, 0.3) is 0 Å². The first-order valence-corrected chi connectivity index (χ1v) is 6.62. The Morgan fingerprint density at radius 3 is 2.65 bits per heavy atom. The summed E-state index contributed by atoms with van der Waals surface area (Å²) >= 11 is 0. The van der Waals surface area contributed by atoms with Crippen LogP contribution in [0.25, 0.3) is 10.9 Å². The van der Waals surface area contributed by atoms with E-state index in [1.54, 1.807) is 12.3 Å². The molecule has 2 rings (SSSR count). The molecule has 2 aromatic rings. The second-order valence-corrected chi connectivity index (χ2v) is 4.77. The summed E-state index contributed by atoms with van der Waals surface area (Å²) < 4.78 is 37.8. The number of alkyl halides is 3. The average Bonchev–Trinajstić information content (AvgIpc) is 2.37. The molecule has 0 fully saturated rings. The van der Waals surface area contributed by atoms with Crippen molar-refractivity contribution in [3.63, 3.8) is 0 Å². The van der Waals surface area contributed by atoms with Gasteiger partial charge in [-0.15, -0.1) is 0 Å². The van der Waals surface area contributed by atoms with Gasteiger partial charge in [-0.05, 0) is 30.7 Å². The van der Waals surface area contributed by atoms with E-state index in [0.717, 1.165) is 16.5 Å². The molecule has 0 saturated heterocycles. The average molecular weight is 282 g/mol. The second kappa shape index (κ2) is 6.22. The molecular formula is C15H17F3N2. The SMILES string of the molecule is CCNC(Cc1ccnc2ccccc12)CC(F)(F)F. The van der Waals surface area contributed by atoms with Crippen molar-refractivity contribution in [3.05, 3.63) is 42.1 Å². The van der Waals surface area contributed by atoms with E-state index in [2.05, 4.69) is 10.3 Å². The number of aromatic nitrogens is 1. The first-order chi connectivity index (χ1) is 9.49. The van der Waals surface area contributed by atoms with Gasteiger partial charge in [0, 0.05) is 17.6 Å². The van der Waals surface area contributed by atoms with Gasteiger partial charge < -0.3 is 5.32 Å². The fourth-order valence-corrected chi connectivity index (χ4v) is 2.38. The van der Waals surface area contributed by atoms with Crippen molar-refractivity contribution in [2.45, 2.75) is 32.0 Å². The molecule has 0 amide bonds. The van der Waals surface area contributed by atoms with Gasteiger partial charge in [0.2, 0.25) is 0 Å². The molecule has 5 heteroatoms. The Morgan fingerprint density at radius 1 is 1.20 bits per heavy atom. The van der Waals surface area contributed by atoms with Crippen molar-refractivity contribution >= 4 is 10.9 Å². The highest BCUT2D eigenvalue weighted by molar-refractivity contribution is 5.81. The molecule has 0 spiro atoms. The Kier molecular flexibility index (Phi) is 4.60. The van der Waals surface area contributed by atoms with Crippen LogP contribution in [-0.4, -0.2) is 23.7 Å². The minimum atomic E-state index is -4.16. The molecule has 0 saturated carbocycles. The van der Waals surface area contributed by atoms with Gasteiger partial charge >= 0.3 is 6.18 Å². The molecule has 0 bridgehead atoms. The van der Waals surface area contributed by atoms with Crippen LogP contribution in [0.1, 0.15) is 18.9 Å². The number of hydrogen-bond donors (Lipinski definition) is 1. The maximum atomic E-state index is 12.6. The van der Waals surface area contributed by atoms with E-state index in [-0.39, 0.29) is 0 Å². The third-order valence-corrected chi connectivity index (χ3v) is 3.18. The molecule has 0 aliphatic heterocycles. The van der Waals surface area contributed by atoms with Crippen LogP contribution in [0.3, 0.4) is 0 Å². The fraction of sp³-hybridized carbons (Fsp3) is 0.400. The number of benzene rings is 1. The molecule has 1 aromatic carbocycles. The van der Waals surface area contributed by atoms with Gasteiger partial charge in [-0.2, -0.15) is 13.2 Å². The molecule has 1 aromatic heterocycles. The number of pyridine rings is 1. The van der Waals surface area contributed by atoms with Gasteiger partial charge in [0.15, 0.2) is 0 Å². The number of hydrogen-bond acceptors (Lipinski definition) is 2. The van der Waals surface area contributed by atoms with Gasteiger partial charge in [-0.1, -0.05) is 25.1 Å². The summed E-state index contributed by atoms with van der Waals surface area (Å²) in [5, 5.41) is 3.83. The Balaban J connectivity index is 2.24. The Morgan fingerprint density at radius 2 is 1.95 bits per heavy atom. The lowest BCUT2D eigenvalue weighted by molar-refractivity contribution is -0.139. The summed E-state index contributed by atoms with van der Waals surface area (Å²) in [6, 6.07) is 8.70. The van der Waals surface area contributed by atoms with Crippen LogP contribution >= 0.6 is 0 Å². The zero-order chi connectivity index (χ0) is 14.6. The molecule has 108 valence electrons. The molecule has 0 radical (unpaired) electrons. The molecular weight excluding hydrogens is 265 g/mol. The molecule has 1 unspecified atom stereocenters. The molecule has 0 aliphatic carbocycles. The summed E-state index contributed by atoms with van der Waals surface area (Å²) in [5.74, 6) is 0. The highest BCUT2D eigenvalue weighted by Gasteiger charge is 2.31. The van der Waals surface area contributed by atoms with Gasteiger partial charge in [-0.25, -0.2) is 0 Å². The summed E-state index contributed by atoms with van der Waals surface area (Å²) in [7, 11) is 0. The van der Waals surface area contributed by atoms with E-state index in [9.17, 15) is 13.2 Å². The molecule has 1 atom stereocenters. The minimum Gasteiger partial charge on any atom is -0.314 e. The molecule has 1 N–H and O–H groups in total. The van der Waals surface area contributed by atoms with Crippen LogP contribution < -0.4 is 5.32 Å². The van der Waals surface area contributed by atoms with E-state index in [4.69, 9.17) is 0 Å². The number of nitrogens with one attached hydrogen (secondary N) is 1. The predicted molar refractivity (Wildman–Crippen MR) is 73.6 cm³/mol. The van der Waals surface area contributed by atoms with Crippen molar-refractivity contribution in [2.75, 3.05) is 6.54 Å². The van der Waals surface area contributed by atoms with Crippen LogP contribution in [0.5, 0.6) is 0 Å². The fourth-order valence-electron chi connectivity index (χ4n) is 2.38. The zero-order valence-corrected chi connectivity index (χ0v) is 11.2. The topological polar surface area (TPSA) is 24.9 Å². The van der Waals surface area contributed by atoms with Gasteiger partial charge in [0.05, 0.1) is 11.9 Å². The van der Waals surface area contributed by atoms with E-state index >= 15 is 0 Å². The number of likely N-dealkylation sites (N-methyl/N-ethyl adjacent to an activating group) is 1. The van der Waals surface area contributed by atoms with Crippen molar-refractivity contribution < 1.29 is 13.2 Å². The first-order valence-electron chi connectivity index (χ1n) is 6.62. The maximum absolute atomic E-state index is 12.6. The van der Waals surface area contributed by atoms with Gasteiger partial charge in [0.1, 0.15) is 0 Å². The number of nitrogens with zero attached hydrogens (tertiary/aromatic N) is 1. The third kappa shape index (κ3) is 3.93. The van der Waals surface area contributed by atoms with Crippen LogP contribution in [0.2, 0.25) is 0 Å². The lowest BCUT2D eigenvalue weighted by atomic mass is 9.99. The predicted octanol–water partition coefficient (Wildman–Crippen LogP) is 3.71. The first kappa shape index (κ1) is 14.8. The molecule has 1 heterocycles. The summed E-state index contributed by atoms with van der Waals surface area (Å²) in [5.41, 5.74) is 1.71. The summed E-state index contributed by atoms with van der Waals surface area (Å²) in [6.45, 7) is 2.33. The Bertz CT molecular complexity index is 561. The zero-order valence-electron chi connectivity index (χ0n) is 11.2. The lowest BCUT2D eigenvalue weighted by Gasteiger charge is -2.20. The summed E-state index contributed by atoms with van der Waals surface area (Å²) in [6.07, 6.45) is -2.99. The van der Waals surface area contributed by atoms with Crippen LogP contribution in [0.15, 0.2) is 36.5 Å². The molecule has 2 nitrogen and oxygen atoms in total. The number of halogens is 3. The minimum absolute atomic E-state index is 0.344. The normalized spacial score (nSPS) is 13.6. The summed E-state index contributed by atoms with van der Waals surface area (Å²) in [4.78, 5) is 4.23. The van der Waals surface area contributed by atoms with E-state index < -0.39 is 18.6 Å². The van der Waals surface area contributed by atoms with Crippen LogP contribution in [-0.2, 0) is 6.42 Å². The number of para-hydroxylation sites is 1. The van der Waals surface area contributed by atoms with Crippen LogP contribution in [0.4, 0.5) is 13.2 Å². The standard InChI is InChI=1S/C15H17F3N2/c1-2-19-12(10-15(16,17)18)9-11-7-8-20-14-6-4-3-5-13(11)14/h3-8,12,19H,2,9-10H2,1H3. The lowest BCUT2D eigenvalue weighted by Crippen LogP contribution is -2.35. The van der Waals surface area contributed by atoms with Crippen molar-refractivity contribution in [2.24, 2.45) is 0 Å². The highest BCUT2D eigenvalue weighted by atomic mass is 19.4. The number of rotatable bonds is 5. The maximum Gasteiger partial charge on any atom is 0.390 e. The largest absolute Gasteiger partial charge is 0.390 e. The van der Waals surface area contributed by atoms with Gasteiger partial charge in [-0.3, -0.25) is 4.98 Å². The van der Waals surface area contributed by atoms with E-state index in [1.807, 2.05) is 31.2 Å². The molecule has 20 heavy (non-hydrogen) atoms. The van der Waals surface area contributed by atoms with E-state index in [1.165, 1.54) is 0 Å². The van der Waals surface area contributed by atoms with E-state index in [0.29, 0.717) is 13.0 Å². The third-order valence-electron chi connectivity index (χ3n) is 3.18. The number of fused-ring (bicyclic) bond motifs is 1. The molecule has 0 aliphatic rings. The quantitative estimate of drug-likeness (QED) is 0.904. The van der Waals surface area contributed by atoms with Crippen molar-refractivity contribution in [3.8, 4) is 0 Å². The van der Waals surface area contributed by atoms with Crippen LogP contribution in [0, 0.1) is 0 Å². The second-order valence-electron chi connectivity index (χ2n) is 4.77. The van der Waals surface area contributed by atoms with Crippen molar-refractivity contribution in [1.82, 2.24) is 10.3 Å².